The molecule has 0 aromatic heterocycles. The number of nitrogens with one attached hydrogen (secondary N) is 2. The monoisotopic (exact) mass is 443 g/mol. The molecule has 0 bridgehead atoms. The minimum absolute atomic E-state index is 0.120. The van der Waals surface area contributed by atoms with E-state index in [1.807, 2.05) is 13.7 Å². The van der Waals surface area contributed by atoms with Crippen LogP contribution in [-0.4, -0.2) is 49.4 Å². The van der Waals surface area contributed by atoms with Gasteiger partial charge in [-0.3, -0.25) is 10.1 Å². The van der Waals surface area contributed by atoms with E-state index in [2.05, 4.69) is 10.1 Å². The van der Waals surface area contributed by atoms with Gasteiger partial charge in [-0.2, -0.15) is 0 Å². The van der Waals surface area contributed by atoms with Crippen molar-refractivity contribution in [1.82, 2.24) is 15.2 Å². The molecule has 0 aliphatic carbocycles. The Morgan fingerprint density at radius 2 is 1.83 bits per heavy atom. The van der Waals surface area contributed by atoms with Gasteiger partial charge in [-0.05, 0) is 36.7 Å². The summed E-state index contributed by atoms with van der Waals surface area (Å²) in [6.45, 7) is 4.16. The lowest BCUT2D eigenvalue weighted by Gasteiger charge is -2.27. The Bertz CT molecular complexity index is 822. The summed E-state index contributed by atoms with van der Waals surface area (Å²) in [6.07, 6.45) is -0.847. The van der Waals surface area contributed by atoms with E-state index in [1.54, 1.807) is 24.2 Å². The van der Waals surface area contributed by atoms with E-state index in [9.17, 15) is 13.2 Å². The number of rotatable bonds is 7. The molecule has 0 spiro atoms. The number of hydrogen-bond acceptors (Lipinski definition) is 5. The van der Waals surface area contributed by atoms with Gasteiger partial charge in [0.05, 0.1) is 6.04 Å². The van der Waals surface area contributed by atoms with Crippen LogP contribution in [0.4, 0.5) is 17.6 Å². The van der Waals surface area contributed by atoms with Crippen molar-refractivity contribution >= 4 is 18.7 Å². The van der Waals surface area contributed by atoms with Crippen LogP contribution in [0, 0.1) is 17.5 Å². The fourth-order valence-corrected chi connectivity index (χ4v) is 4.26. The minimum Gasteiger partial charge on any atom is -0.307 e. The molecular formula is C21H25F4N3OS. The first-order valence-electron chi connectivity index (χ1n) is 9.42. The van der Waals surface area contributed by atoms with Gasteiger partial charge in [-0.15, -0.1) is 0 Å². The summed E-state index contributed by atoms with van der Waals surface area (Å²) in [7, 11) is 1.71. The van der Waals surface area contributed by atoms with Crippen LogP contribution >= 0.6 is 11.9 Å². The average molecular weight is 444 g/mol. The van der Waals surface area contributed by atoms with E-state index in [4.69, 9.17) is 4.79 Å². The predicted molar refractivity (Wildman–Crippen MR) is 112 cm³/mol. The normalized spacial score (nSPS) is 21.3. The lowest BCUT2D eigenvalue weighted by atomic mass is 9.96. The van der Waals surface area contributed by atoms with Crippen LogP contribution in [0.3, 0.4) is 0 Å². The van der Waals surface area contributed by atoms with Crippen molar-refractivity contribution in [2.24, 2.45) is 0 Å². The Morgan fingerprint density at radius 1 is 1.17 bits per heavy atom. The SMILES string of the molecule is C=O.CCSNC1C(F)CN(NC)C1Cc1cccc(-c2cc(F)cc(F)c2)c1F. The Hall–Kier alpha value is -1.94. The molecule has 2 aromatic rings. The van der Waals surface area contributed by atoms with Gasteiger partial charge in [0.15, 0.2) is 0 Å². The number of alkyl halides is 1. The Balaban J connectivity index is 0.00000155. The number of hydrogen-bond donors (Lipinski definition) is 2. The molecule has 1 saturated heterocycles. The second-order valence-electron chi connectivity index (χ2n) is 6.68. The number of halogens is 4. The van der Waals surface area contributed by atoms with E-state index in [0.29, 0.717) is 5.56 Å². The lowest BCUT2D eigenvalue weighted by molar-refractivity contribution is -0.0979. The summed E-state index contributed by atoms with van der Waals surface area (Å²) in [5, 5.41) is 1.76. The molecule has 3 rings (SSSR count). The summed E-state index contributed by atoms with van der Waals surface area (Å²) in [5.74, 6) is -1.30. The third kappa shape index (κ3) is 5.60. The van der Waals surface area contributed by atoms with Crippen molar-refractivity contribution in [3.05, 3.63) is 59.4 Å². The highest BCUT2D eigenvalue weighted by molar-refractivity contribution is 7.97. The molecule has 0 radical (unpaired) electrons. The average Bonchev–Trinajstić information content (AvgIpc) is 3.03. The maximum Gasteiger partial charge on any atom is 0.134 e. The zero-order valence-electron chi connectivity index (χ0n) is 16.8. The molecule has 9 heteroatoms. The van der Waals surface area contributed by atoms with E-state index < -0.39 is 29.7 Å². The van der Waals surface area contributed by atoms with E-state index in [0.717, 1.165) is 24.0 Å². The van der Waals surface area contributed by atoms with Crippen molar-refractivity contribution in [3.63, 3.8) is 0 Å². The maximum absolute atomic E-state index is 15.2. The number of hydrazine groups is 1. The second-order valence-corrected chi connectivity index (χ2v) is 7.78. The summed E-state index contributed by atoms with van der Waals surface area (Å²) < 4.78 is 59.9. The fraction of sp³-hybridized carbons (Fsp3) is 0.381. The highest BCUT2D eigenvalue weighted by Crippen LogP contribution is 2.30. The molecule has 1 fully saturated rings. The van der Waals surface area contributed by atoms with Crippen LogP contribution < -0.4 is 10.1 Å². The molecule has 0 saturated carbocycles. The number of carbonyl (C=O) groups is 1. The summed E-state index contributed by atoms with van der Waals surface area (Å²) >= 11 is 1.42. The van der Waals surface area contributed by atoms with E-state index >= 15 is 4.39 Å². The van der Waals surface area contributed by atoms with Gasteiger partial charge in [-0.1, -0.05) is 37.1 Å². The summed E-state index contributed by atoms with van der Waals surface area (Å²) in [5.41, 5.74) is 3.60. The van der Waals surface area contributed by atoms with Gasteiger partial charge < -0.3 is 4.79 Å². The predicted octanol–water partition coefficient (Wildman–Crippen LogP) is 3.91. The lowest BCUT2D eigenvalue weighted by Crippen LogP contribution is -2.47. The molecular weight excluding hydrogens is 418 g/mol. The van der Waals surface area contributed by atoms with Gasteiger partial charge in [0.25, 0.3) is 0 Å². The van der Waals surface area contributed by atoms with Crippen LogP contribution in [-0.2, 0) is 11.2 Å². The standard InChI is InChI=1S/C20H23F4N3S.CH2O/c1-3-28-26-20-17(23)11-27(25-2)18(20)9-12-5-4-6-16(19(12)24)13-7-14(21)10-15(22)8-13;1-2/h4-8,10,17-18,20,25-26H,3,9,11H2,1-2H3;1H2. The third-order valence-corrected chi connectivity index (χ3v) is 5.64. The smallest absolute Gasteiger partial charge is 0.134 e. The van der Waals surface area contributed by atoms with Crippen LogP contribution in [0.1, 0.15) is 12.5 Å². The Morgan fingerprint density at radius 3 is 2.43 bits per heavy atom. The van der Waals surface area contributed by atoms with Gasteiger partial charge in [0, 0.05) is 30.0 Å². The van der Waals surface area contributed by atoms with Gasteiger partial charge in [0.1, 0.15) is 30.4 Å². The molecule has 30 heavy (non-hydrogen) atoms. The summed E-state index contributed by atoms with van der Waals surface area (Å²) in [4.78, 5) is 8.00. The van der Waals surface area contributed by atoms with Crippen molar-refractivity contribution in [3.8, 4) is 11.1 Å². The molecule has 3 unspecified atom stereocenters. The van der Waals surface area contributed by atoms with Crippen molar-refractivity contribution < 1.29 is 22.4 Å². The van der Waals surface area contributed by atoms with Crippen LogP contribution in [0.5, 0.6) is 0 Å². The van der Waals surface area contributed by atoms with Crippen molar-refractivity contribution in [1.29, 1.82) is 0 Å². The number of benzene rings is 2. The molecule has 1 aliphatic heterocycles. The van der Waals surface area contributed by atoms with E-state index in [1.165, 1.54) is 18.0 Å². The highest BCUT2D eigenvalue weighted by Gasteiger charge is 2.42. The largest absolute Gasteiger partial charge is 0.307 e. The van der Waals surface area contributed by atoms with E-state index in [-0.39, 0.29) is 30.1 Å². The highest BCUT2D eigenvalue weighted by atomic mass is 32.2. The zero-order valence-corrected chi connectivity index (χ0v) is 17.6. The Labute approximate surface area is 178 Å². The fourth-order valence-electron chi connectivity index (χ4n) is 3.59. The first kappa shape index (κ1) is 24.3. The molecule has 3 atom stereocenters. The first-order valence-corrected chi connectivity index (χ1v) is 10.4. The van der Waals surface area contributed by atoms with Crippen molar-refractivity contribution in [2.75, 3.05) is 19.3 Å². The molecule has 2 aromatic carbocycles. The van der Waals surface area contributed by atoms with Crippen LogP contribution in [0.2, 0.25) is 0 Å². The summed E-state index contributed by atoms with van der Waals surface area (Å²) in [6, 6.07) is 6.92. The number of carbonyl (C=O) groups excluding carboxylic acids is 1. The van der Waals surface area contributed by atoms with Gasteiger partial charge in [0.2, 0.25) is 0 Å². The van der Waals surface area contributed by atoms with Crippen molar-refractivity contribution in [2.45, 2.75) is 31.6 Å². The topological polar surface area (TPSA) is 44.4 Å². The molecule has 1 aliphatic rings. The molecule has 4 nitrogen and oxygen atoms in total. The van der Waals surface area contributed by atoms with Crippen LogP contribution in [0.25, 0.3) is 11.1 Å². The minimum atomic E-state index is -1.10. The molecule has 164 valence electrons. The zero-order chi connectivity index (χ0) is 22.3. The second kappa shape index (κ2) is 11.5. The van der Waals surface area contributed by atoms with Crippen LogP contribution in [0.15, 0.2) is 36.4 Å². The first-order chi connectivity index (χ1) is 14.4. The van der Waals surface area contributed by atoms with Gasteiger partial charge >= 0.3 is 0 Å². The third-order valence-electron chi connectivity index (χ3n) is 4.91. The maximum atomic E-state index is 15.2. The molecule has 2 N–H and O–H groups in total. The van der Waals surface area contributed by atoms with Gasteiger partial charge in [-0.25, -0.2) is 22.6 Å². The Kier molecular flexibility index (Phi) is 9.29. The molecule has 1 heterocycles. The quantitative estimate of drug-likeness (QED) is 0.502. The number of nitrogens with zero attached hydrogens (tertiary/aromatic N) is 1. The molecule has 0 amide bonds.